The molecule has 5 rings (SSSR count). The fraction of sp³-hybridized carbons (Fsp3) is 0.692. The number of hydrogen-bond acceptors (Lipinski definition) is 12. The smallest absolute Gasteiger partial charge is 0.254 e. The van der Waals surface area contributed by atoms with Gasteiger partial charge in [0.05, 0.1) is 13.7 Å². The van der Waals surface area contributed by atoms with Crippen LogP contribution in [0.2, 0.25) is 0 Å². The number of carbonyl (C=O) groups is 2. The summed E-state index contributed by atoms with van der Waals surface area (Å²) in [6, 6.07) is 1.77. The summed E-state index contributed by atoms with van der Waals surface area (Å²) < 4.78 is 45.5. The van der Waals surface area contributed by atoms with Crippen LogP contribution in [0.25, 0.3) is 0 Å². The first-order valence-corrected chi connectivity index (χ1v) is 12.9. The number of fused-ring (bicyclic) bond motifs is 6. The monoisotopic (exact) mass is 553 g/mol. The number of carbonyl (C=O) groups excluding carboxylic acids is 2. The minimum absolute atomic E-state index is 0.0216. The van der Waals surface area contributed by atoms with E-state index < -0.39 is 61.3 Å². The van der Waals surface area contributed by atoms with Gasteiger partial charge in [0, 0.05) is 52.3 Å². The topological polar surface area (TPSA) is 152 Å². The van der Waals surface area contributed by atoms with Crippen molar-refractivity contribution in [3.05, 3.63) is 17.2 Å². The number of hydrogen-bond donors (Lipinski definition) is 2. The third-order valence-electron chi connectivity index (χ3n) is 7.98. The molecule has 216 valence electrons. The number of methoxy groups -OCH3 is 4. The van der Waals surface area contributed by atoms with Crippen LogP contribution < -0.4 is 14.2 Å². The van der Waals surface area contributed by atoms with Crippen molar-refractivity contribution in [3.63, 3.8) is 0 Å². The predicted molar refractivity (Wildman–Crippen MR) is 131 cm³/mol. The molecular formula is C26H35NO12. The lowest BCUT2D eigenvalue weighted by molar-refractivity contribution is -0.325. The van der Waals surface area contributed by atoms with Crippen LogP contribution in [-0.4, -0.2) is 118 Å². The number of benzene rings is 1. The van der Waals surface area contributed by atoms with Gasteiger partial charge in [-0.05, 0) is 18.1 Å². The molecule has 0 radical (unpaired) electrons. The van der Waals surface area contributed by atoms with Crippen LogP contribution in [0.1, 0.15) is 29.9 Å². The normalized spacial score (nSPS) is 34.3. The van der Waals surface area contributed by atoms with Gasteiger partial charge in [-0.15, -0.1) is 0 Å². The van der Waals surface area contributed by atoms with Gasteiger partial charge in [0.15, 0.2) is 23.9 Å². The molecule has 0 aliphatic carbocycles. The highest BCUT2D eigenvalue weighted by atomic mass is 16.7. The summed E-state index contributed by atoms with van der Waals surface area (Å²) in [6.45, 7) is -0.0220. The van der Waals surface area contributed by atoms with E-state index in [2.05, 4.69) is 0 Å². The quantitative estimate of drug-likeness (QED) is 0.457. The van der Waals surface area contributed by atoms with Gasteiger partial charge in [0.2, 0.25) is 12.5 Å². The molecule has 0 saturated carbocycles. The van der Waals surface area contributed by atoms with Gasteiger partial charge in [-0.3, -0.25) is 9.59 Å². The summed E-state index contributed by atoms with van der Waals surface area (Å²) in [5.74, 6) is -0.108. The Morgan fingerprint density at radius 1 is 1.05 bits per heavy atom. The molecule has 39 heavy (non-hydrogen) atoms. The number of Topliss-reactive ketones (excluding diaryl/α,β-unsaturated/α-hetero) is 1. The van der Waals surface area contributed by atoms with E-state index in [-0.39, 0.29) is 32.1 Å². The third kappa shape index (κ3) is 4.86. The van der Waals surface area contributed by atoms with E-state index in [1.54, 1.807) is 6.07 Å². The molecule has 4 aliphatic rings. The summed E-state index contributed by atoms with van der Waals surface area (Å²) in [5.41, 5.74) is 1.34. The summed E-state index contributed by atoms with van der Waals surface area (Å²) in [5, 5.41) is 21.1. The fourth-order valence-corrected chi connectivity index (χ4v) is 6.02. The van der Waals surface area contributed by atoms with Gasteiger partial charge in [-0.25, -0.2) is 0 Å². The van der Waals surface area contributed by atoms with Crippen molar-refractivity contribution in [2.75, 3.05) is 48.4 Å². The molecule has 4 aliphatic heterocycles. The zero-order valence-corrected chi connectivity index (χ0v) is 22.4. The predicted octanol–water partition coefficient (Wildman–Crippen LogP) is -0.279. The lowest BCUT2D eigenvalue weighted by Crippen LogP contribution is -2.62. The Hall–Kier alpha value is -2.52. The third-order valence-corrected chi connectivity index (χ3v) is 7.98. The molecule has 8 atom stereocenters. The van der Waals surface area contributed by atoms with Crippen LogP contribution in [0.3, 0.4) is 0 Å². The average Bonchev–Trinajstić information content (AvgIpc) is 3.34. The second kappa shape index (κ2) is 11.5. The van der Waals surface area contributed by atoms with E-state index in [1.165, 1.54) is 33.3 Å². The Morgan fingerprint density at radius 2 is 1.79 bits per heavy atom. The average molecular weight is 554 g/mol. The van der Waals surface area contributed by atoms with Gasteiger partial charge < -0.3 is 53.0 Å². The number of ketones is 1. The van der Waals surface area contributed by atoms with E-state index >= 15 is 0 Å². The molecule has 2 fully saturated rings. The number of rotatable bonds is 7. The molecule has 13 nitrogen and oxygen atoms in total. The van der Waals surface area contributed by atoms with Crippen molar-refractivity contribution in [2.24, 2.45) is 0 Å². The molecule has 4 heterocycles. The maximum absolute atomic E-state index is 13.8. The van der Waals surface area contributed by atoms with Crippen LogP contribution in [0.15, 0.2) is 6.07 Å². The fourth-order valence-electron chi connectivity index (χ4n) is 6.02. The second-order valence-electron chi connectivity index (χ2n) is 9.93. The zero-order valence-electron chi connectivity index (χ0n) is 22.4. The molecule has 1 aromatic carbocycles. The lowest BCUT2D eigenvalue weighted by atomic mass is 9.85. The Kier molecular flexibility index (Phi) is 8.29. The lowest BCUT2D eigenvalue weighted by Gasteiger charge is -2.45. The van der Waals surface area contributed by atoms with Crippen LogP contribution in [0, 0.1) is 0 Å². The Bertz CT molecular complexity index is 1080. The van der Waals surface area contributed by atoms with E-state index in [1.807, 2.05) is 0 Å². The first-order valence-electron chi connectivity index (χ1n) is 12.9. The zero-order chi connectivity index (χ0) is 27.8. The van der Waals surface area contributed by atoms with E-state index in [0.717, 1.165) is 0 Å². The number of aliphatic hydroxyl groups excluding tert-OH is 2. The molecule has 0 aromatic heterocycles. The van der Waals surface area contributed by atoms with Crippen LogP contribution >= 0.6 is 0 Å². The van der Waals surface area contributed by atoms with Crippen molar-refractivity contribution in [1.29, 1.82) is 0 Å². The number of amides is 1. The molecule has 1 amide bonds. The molecule has 13 heteroatoms. The molecule has 2 bridgehead atoms. The van der Waals surface area contributed by atoms with Gasteiger partial charge in [0.25, 0.3) is 5.91 Å². The molecule has 0 spiro atoms. The second-order valence-corrected chi connectivity index (χ2v) is 9.93. The summed E-state index contributed by atoms with van der Waals surface area (Å²) in [7, 11) is 5.85. The summed E-state index contributed by atoms with van der Waals surface area (Å²) in [4.78, 5) is 28.9. The molecule has 0 unspecified atom stereocenters. The van der Waals surface area contributed by atoms with Gasteiger partial charge >= 0.3 is 0 Å². The van der Waals surface area contributed by atoms with E-state index in [9.17, 15) is 19.8 Å². The molecule has 1 aromatic rings. The molecule has 2 N–H and O–H groups in total. The van der Waals surface area contributed by atoms with E-state index in [0.29, 0.717) is 34.8 Å². The van der Waals surface area contributed by atoms with Crippen molar-refractivity contribution in [2.45, 2.75) is 68.2 Å². The highest BCUT2D eigenvalue weighted by molar-refractivity contribution is 5.90. The van der Waals surface area contributed by atoms with Crippen molar-refractivity contribution in [1.82, 2.24) is 4.90 Å². The summed E-state index contributed by atoms with van der Waals surface area (Å²) in [6.07, 6.45) is -7.01. The van der Waals surface area contributed by atoms with Crippen LogP contribution in [0.4, 0.5) is 0 Å². The summed E-state index contributed by atoms with van der Waals surface area (Å²) >= 11 is 0. The minimum atomic E-state index is -1.66. The van der Waals surface area contributed by atoms with Crippen molar-refractivity contribution in [3.8, 4) is 17.2 Å². The Morgan fingerprint density at radius 3 is 2.46 bits per heavy atom. The van der Waals surface area contributed by atoms with Gasteiger partial charge in [-0.1, -0.05) is 0 Å². The van der Waals surface area contributed by atoms with Crippen molar-refractivity contribution < 1.29 is 57.7 Å². The SMILES string of the molecule is COc1c2c(cc3c1OCO3)[C@H]1CCN(C2)C(=O)[C@@H](O)[C@H](O[C@@H]2O[C@H](CO)[C@@H](OC)[C@H](OC)[C@H]2OC)CC1=O. The highest BCUT2D eigenvalue weighted by Crippen LogP contribution is 2.49. The first-order chi connectivity index (χ1) is 18.9. The van der Waals surface area contributed by atoms with Crippen molar-refractivity contribution >= 4 is 11.7 Å². The largest absolute Gasteiger partial charge is 0.492 e. The maximum Gasteiger partial charge on any atom is 0.254 e. The Balaban J connectivity index is 1.48. The highest BCUT2D eigenvalue weighted by Gasteiger charge is 2.50. The number of nitrogens with zero attached hydrogens (tertiary/aromatic N) is 1. The van der Waals surface area contributed by atoms with Gasteiger partial charge in [0.1, 0.15) is 36.3 Å². The van der Waals surface area contributed by atoms with Crippen LogP contribution in [-0.2, 0) is 39.8 Å². The number of ether oxygens (including phenoxy) is 8. The minimum Gasteiger partial charge on any atom is -0.492 e. The first kappa shape index (κ1) is 28.0. The molecular weight excluding hydrogens is 518 g/mol. The van der Waals surface area contributed by atoms with Crippen LogP contribution in [0.5, 0.6) is 17.2 Å². The molecule has 2 saturated heterocycles. The maximum atomic E-state index is 13.8. The number of aliphatic hydroxyl groups is 2. The van der Waals surface area contributed by atoms with Gasteiger partial charge in [-0.2, -0.15) is 0 Å². The van der Waals surface area contributed by atoms with E-state index in [4.69, 9.17) is 37.9 Å². The standard InChI is InChI=1S/C26H35NO12/c1-32-20-14-9-27-6-5-12(13(14)7-17-22(20)37-11-36-17)15(29)8-16(19(30)25(27)31)38-26-24(35-4)23(34-3)21(33-2)18(10-28)39-26/h7,12,16,18-19,21,23-24,26,28,30H,5-6,8-11H2,1-4H3/t12-,16-,18-,19+,21-,23+,24-,26-/m1/s1. The Labute approximate surface area is 225 Å².